The molecule has 1 saturated heterocycles. The summed E-state index contributed by atoms with van der Waals surface area (Å²) in [5.41, 5.74) is 1.46. The van der Waals surface area contributed by atoms with Crippen molar-refractivity contribution in [3.63, 3.8) is 0 Å². The standard InChI is InChI=1S/C21H36N2/c1-3-5-7-8-12-15-21-22(16-6-4-2)17-18-23(21)19-20-13-10-9-11-14-20/h9-11,13-14,21H,3-8,12,15-19H2,1-2H3. The molecule has 0 amide bonds. The highest BCUT2D eigenvalue weighted by Gasteiger charge is 2.30. The minimum atomic E-state index is 0.670. The van der Waals surface area contributed by atoms with Crippen LogP contribution in [0.1, 0.15) is 70.8 Å². The van der Waals surface area contributed by atoms with Crippen LogP contribution in [0.2, 0.25) is 0 Å². The van der Waals surface area contributed by atoms with Crippen molar-refractivity contribution in [1.82, 2.24) is 9.80 Å². The van der Waals surface area contributed by atoms with Gasteiger partial charge < -0.3 is 0 Å². The minimum Gasteiger partial charge on any atom is -0.287 e. The Balaban J connectivity index is 1.87. The lowest BCUT2D eigenvalue weighted by molar-refractivity contribution is 0.117. The molecule has 23 heavy (non-hydrogen) atoms. The molecule has 0 radical (unpaired) electrons. The zero-order valence-corrected chi connectivity index (χ0v) is 15.3. The van der Waals surface area contributed by atoms with Gasteiger partial charge in [0.05, 0.1) is 6.17 Å². The maximum absolute atomic E-state index is 2.74. The Labute approximate surface area is 143 Å². The Morgan fingerprint density at radius 1 is 0.826 bits per heavy atom. The van der Waals surface area contributed by atoms with E-state index in [9.17, 15) is 0 Å². The largest absolute Gasteiger partial charge is 0.287 e. The molecule has 0 spiro atoms. The van der Waals surface area contributed by atoms with Crippen LogP contribution in [0.3, 0.4) is 0 Å². The van der Waals surface area contributed by atoms with E-state index in [1.165, 1.54) is 76.6 Å². The topological polar surface area (TPSA) is 6.48 Å². The molecule has 0 aromatic heterocycles. The number of nitrogens with zero attached hydrogens (tertiary/aromatic N) is 2. The highest BCUT2D eigenvalue weighted by atomic mass is 15.4. The van der Waals surface area contributed by atoms with Crippen LogP contribution in [0.25, 0.3) is 0 Å². The molecule has 130 valence electrons. The molecule has 1 aromatic carbocycles. The molecule has 1 unspecified atom stereocenters. The van der Waals surface area contributed by atoms with Gasteiger partial charge in [-0.15, -0.1) is 0 Å². The third-order valence-corrected chi connectivity index (χ3v) is 5.11. The van der Waals surface area contributed by atoms with Crippen molar-refractivity contribution < 1.29 is 0 Å². The first-order chi connectivity index (χ1) is 11.3. The first-order valence-electron chi connectivity index (χ1n) is 9.87. The zero-order chi connectivity index (χ0) is 16.3. The predicted octanol–water partition coefficient (Wildman–Crippen LogP) is 5.29. The Morgan fingerprint density at radius 3 is 2.26 bits per heavy atom. The van der Waals surface area contributed by atoms with Gasteiger partial charge in [0.15, 0.2) is 0 Å². The second-order valence-corrected chi connectivity index (χ2v) is 7.03. The van der Waals surface area contributed by atoms with Gasteiger partial charge in [-0.2, -0.15) is 0 Å². The zero-order valence-electron chi connectivity index (χ0n) is 15.3. The summed E-state index contributed by atoms with van der Waals surface area (Å²) in [6, 6.07) is 11.0. The molecule has 0 aliphatic carbocycles. The summed E-state index contributed by atoms with van der Waals surface area (Å²) < 4.78 is 0. The first kappa shape index (κ1) is 18.5. The molecule has 1 atom stereocenters. The van der Waals surface area contributed by atoms with E-state index >= 15 is 0 Å². The van der Waals surface area contributed by atoms with Gasteiger partial charge in [0.25, 0.3) is 0 Å². The Bertz CT molecular complexity index is 404. The van der Waals surface area contributed by atoms with Crippen LogP contribution >= 0.6 is 0 Å². The van der Waals surface area contributed by atoms with Crippen LogP contribution in [-0.2, 0) is 6.54 Å². The van der Waals surface area contributed by atoms with Gasteiger partial charge in [-0.1, -0.05) is 82.7 Å². The Morgan fingerprint density at radius 2 is 1.52 bits per heavy atom. The van der Waals surface area contributed by atoms with E-state index in [0.717, 1.165) is 6.54 Å². The summed E-state index contributed by atoms with van der Waals surface area (Å²) in [6.45, 7) is 9.48. The van der Waals surface area contributed by atoms with Crippen molar-refractivity contribution >= 4 is 0 Å². The molecular weight excluding hydrogens is 280 g/mol. The van der Waals surface area contributed by atoms with Gasteiger partial charge in [0.2, 0.25) is 0 Å². The first-order valence-corrected chi connectivity index (χ1v) is 9.87. The van der Waals surface area contributed by atoms with Gasteiger partial charge >= 0.3 is 0 Å². The van der Waals surface area contributed by atoms with Gasteiger partial charge in [0.1, 0.15) is 0 Å². The van der Waals surface area contributed by atoms with Crippen molar-refractivity contribution in [3.8, 4) is 0 Å². The van der Waals surface area contributed by atoms with E-state index in [-0.39, 0.29) is 0 Å². The smallest absolute Gasteiger partial charge is 0.0626 e. The SMILES string of the molecule is CCCCCCCC1N(CCCC)CCN1Cc1ccccc1. The number of unbranched alkanes of at least 4 members (excludes halogenated alkanes) is 5. The van der Waals surface area contributed by atoms with Crippen molar-refractivity contribution in [3.05, 3.63) is 35.9 Å². The lowest BCUT2D eigenvalue weighted by atomic mass is 10.1. The van der Waals surface area contributed by atoms with Crippen LogP contribution in [0.4, 0.5) is 0 Å². The van der Waals surface area contributed by atoms with Crippen molar-refractivity contribution in [2.75, 3.05) is 19.6 Å². The summed E-state index contributed by atoms with van der Waals surface area (Å²) >= 11 is 0. The minimum absolute atomic E-state index is 0.670. The lowest BCUT2D eigenvalue weighted by Crippen LogP contribution is -2.39. The molecule has 1 fully saturated rings. The maximum Gasteiger partial charge on any atom is 0.0626 e. The van der Waals surface area contributed by atoms with Crippen molar-refractivity contribution in [1.29, 1.82) is 0 Å². The van der Waals surface area contributed by atoms with Crippen LogP contribution in [0, 0.1) is 0 Å². The molecular formula is C21H36N2. The number of benzene rings is 1. The fourth-order valence-corrected chi connectivity index (χ4v) is 3.71. The van der Waals surface area contributed by atoms with Crippen LogP contribution in [0.5, 0.6) is 0 Å². The van der Waals surface area contributed by atoms with Crippen LogP contribution in [0.15, 0.2) is 30.3 Å². The average Bonchev–Trinajstić information content (AvgIpc) is 2.95. The molecule has 1 aromatic rings. The molecule has 1 aliphatic rings. The van der Waals surface area contributed by atoms with E-state index in [2.05, 4.69) is 54.0 Å². The molecule has 2 heteroatoms. The summed E-state index contributed by atoms with van der Waals surface area (Å²) in [5.74, 6) is 0. The number of hydrogen-bond acceptors (Lipinski definition) is 2. The number of rotatable bonds is 11. The third kappa shape index (κ3) is 6.27. The molecule has 1 heterocycles. The maximum atomic E-state index is 2.74. The fraction of sp³-hybridized carbons (Fsp3) is 0.714. The molecule has 0 N–H and O–H groups in total. The molecule has 2 nitrogen and oxygen atoms in total. The summed E-state index contributed by atoms with van der Waals surface area (Å²) in [6.07, 6.45) is 11.6. The Hall–Kier alpha value is -0.860. The van der Waals surface area contributed by atoms with E-state index in [4.69, 9.17) is 0 Å². The number of hydrogen-bond donors (Lipinski definition) is 0. The lowest BCUT2D eigenvalue weighted by Gasteiger charge is -2.30. The van der Waals surface area contributed by atoms with E-state index in [0.29, 0.717) is 6.17 Å². The summed E-state index contributed by atoms with van der Waals surface area (Å²) in [5, 5.41) is 0. The highest BCUT2D eigenvalue weighted by molar-refractivity contribution is 5.14. The molecule has 2 rings (SSSR count). The van der Waals surface area contributed by atoms with Crippen molar-refractivity contribution in [2.45, 2.75) is 77.9 Å². The van der Waals surface area contributed by atoms with Gasteiger partial charge in [-0.25, -0.2) is 0 Å². The normalized spacial score (nSPS) is 19.5. The summed E-state index contributed by atoms with van der Waals surface area (Å²) in [7, 11) is 0. The van der Waals surface area contributed by atoms with Gasteiger partial charge in [0, 0.05) is 19.6 Å². The average molecular weight is 317 g/mol. The third-order valence-electron chi connectivity index (χ3n) is 5.11. The second-order valence-electron chi connectivity index (χ2n) is 7.03. The van der Waals surface area contributed by atoms with Crippen LogP contribution in [-0.4, -0.2) is 35.6 Å². The van der Waals surface area contributed by atoms with Gasteiger partial charge in [-0.05, 0) is 24.9 Å². The molecule has 0 saturated carbocycles. The molecule has 0 bridgehead atoms. The quantitative estimate of drug-likeness (QED) is 0.512. The fourth-order valence-electron chi connectivity index (χ4n) is 3.71. The van der Waals surface area contributed by atoms with E-state index < -0.39 is 0 Å². The Kier molecular flexibility index (Phi) is 8.70. The van der Waals surface area contributed by atoms with Crippen LogP contribution < -0.4 is 0 Å². The predicted molar refractivity (Wildman–Crippen MR) is 100 cm³/mol. The van der Waals surface area contributed by atoms with Crippen molar-refractivity contribution in [2.24, 2.45) is 0 Å². The highest BCUT2D eigenvalue weighted by Crippen LogP contribution is 2.23. The van der Waals surface area contributed by atoms with Gasteiger partial charge in [-0.3, -0.25) is 9.80 Å². The monoisotopic (exact) mass is 316 g/mol. The molecule has 1 aliphatic heterocycles. The summed E-state index contributed by atoms with van der Waals surface area (Å²) in [4.78, 5) is 5.46. The van der Waals surface area contributed by atoms with E-state index in [1.54, 1.807) is 0 Å². The van der Waals surface area contributed by atoms with E-state index in [1.807, 2.05) is 0 Å². The second kappa shape index (κ2) is 10.8.